The van der Waals surface area contributed by atoms with Gasteiger partial charge in [-0.15, -0.1) is 23.2 Å². The smallest absolute Gasteiger partial charge is 0.309 e. The zero-order chi connectivity index (χ0) is 31.5. The van der Waals surface area contributed by atoms with Gasteiger partial charge >= 0.3 is 5.97 Å². The molecule has 1 N–H and O–H groups in total. The molecule has 236 valence electrons. The van der Waals surface area contributed by atoms with Crippen molar-refractivity contribution < 1.29 is 23.9 Å². The van der Waals surface area contributed by atoms with Gasteiger partial charge in [0.15, 0.2) is 11.3 Å². The predicted molar refractivity (Wildman–Crippen MR) is 168 cm³/mol. The summed E-state index contributed by atoms with van der Waals surface area (Å²) in [7, 11) is 0. The van der Waals surface area contributed by atoms with Crippen LogP contribution in [0, 0.1) is 11.3 Å². The Kier molecular flexibility index (Phi) is 8.39. The van der Waals surface area contributed by atoms with Crippen molar-refractivity contribution >= 4 is 52.1 Å². The van der Waals surface area contributed by atoms with Gasteiger partial charge in [-0.2, -0.15) is 0 Å². The first-order valence-corrected chi connectivity index (χ1v) is 16.3. The minimum Gasteiger partial charge on any atom is -0.481 e. The number of alkyl halides is 2. The van der Waals surface area contributed by atoms with Crippen molar-refractivity contribution in [3.8, 4) is 0 Å². The molecule has 43 heavy (non-hydrogen) atoms. The molecule has 2 aromatic rings. The van der Waals surface area contributed by atoms with E-state index in [-0.39, 0.29) is 34.8 Å². The quantitative estimate of drug-likeness (QED) is 0.354. The molecule has 5 rings (SSSR count). The van der Waals surface area contributed by atoms with Crippen LogP contribution in [0.3, 0.4) is 0 Å². The van der Waals surface area contributed by atoms with E-state index >= 15 is 0 Å². The van der Waals surface area contributed by atoms with Crippen LogP contribution < -0.4 is 0 Å². The first-order chi connectivity index (χ1) is 19.9. The van der Waals surface area contributed by atoms with Gasteiger partial charge in [-0.3, -0.25) is 14.4 Å². The third kappa shape index (κ3) is 6.42. The van der Waals surface area contributed by atoms with Gasteiger partial charge in [-0.25, -0.2) is 4.98 Å². The van der Waals surface area contributed by atoms with Crippen molar-refractivity contribution in [1.29, 1.82) is 0 Å². The van der Waals surface area contributed by atoms with Gasteiger partial charge in [-0.1, -0.05) is 20.8 Å². The van der Waals surface area contributed by atoms with Gasteiger partial charge < -0.3 is 19.3 Å². The van der Waals surface area contributed by atoms with E-state index in [1.807, 2.05) is 18.7 Å². The summed E-state index contributed by atoms with van der Waals surface area (Å²) >= 11 is 12.8. The number of carboxylic acid groups (broad SMARTS) is 1. The molecule has 3 heterocycles. The number of nitrogens with zero attached hydrogens (tertiary/aromatic N) is 3. The minimum absolute atomic E-state index is 0.0613. The number of aromatic nitrogens is 1. The summed E-state index contributed by atoms with van der Waals surface area (Å²) in [4.78, 5) is 47.6. The standard InChI is InChI=1S/C33H45Cl2N3O5/c1-30(2,3)22-17-23(20-9-13-33(34,35)14-10-20)36-24-18-25(43-26(22)24)28(40)38-16-15-37(19-31(38,4)5)27(39)21-7-11-32(6,12-8-21)29(41)42/h17-18,20-21H,7-16,19H2,1-6H3,(H,41,42)/t21-,32+. The first kappa shape index (κ1) is 32.1. The van der Waals surface area contributed by atoms with Crippen LogP contribution in [0.2, 0.25) is 0 Å². The van der Waals surface area contributed by atoms with Gasteiger partial charge in [0.2, 0.25) is 5.91 Å². The van der Waals surface area contributed by atoms with Crippen LogP contribution in [-0.2, 0) is 15.0 Å². The fourth-order valence-electron chi connectivity index (χ4n) is 7.08. The van der Waals surface area contributed by atoms with Gasteiger partial charge in [0.1, 0.15) is 9.85 Å². The lowest BCUT2D eigenvalue weighted by Gasteiger charge is -2.48. The molecular weight excluding hydrogens is 589 g/mol. The highest BCUT2D eigenvalue weighted by Crippen LogP contribution is 2.45. The molecule has 0 spiro atoms. The average Bonchev–Trinajstić information content (AvgIpc) is 3.35. The zero-order valence-corrected chi connectivity index (χ0v) is 27.8. The molecule has 3 aliphatic rings. The fourth-order valence-corrected chi connectivity index (χ4v) is 7.51. The average molecular weight is 635 g/mol. The van der Waals surface area contributed by atoms with Gasteiger partial charge in [0.05, 0.1) is 11.0 Å². The van der Waals surface area contributed by atoms with Crippen LogP contribution in [0.25, 0.3) is 11.1 Å². The second kappa shape index (κ2) is 11.2. The number of carboxylic acids is 1. The van der Waals surface area contributed by atoms with Crippen molar-refractivity contribution in [2.45, 2.75) is 114 Å². The number of amides is 2. The minimum atomic E-state index is -0.791. The van der Waals surface area contributed by atoms with Crippen molar-refractivity contribution in [1.82, 2.24) is 14.8 Å². The van der Waals surface area contributed by atoms with E-state index in [0.29, 0.717) is 69.3 Å². The van der Waals surface area contributed by atoms with Crippen molar-refractivity contribution in [3.05, 3.63) is 29.2 Å². The van der Waals surface area contributed by atoms with Gasteiger partial charge in [-0.05, 0) is 83.6 Å². The summed E-state index contributed by atoms with van der Waals surface area (Å²) in [5, 5.41) is 9.55. The van der Waals surface area contributed by atoms with Crippen LogP contribution in [0.1, 0.15) is 121 Å². The molecule has 2 aliphatic carbocycles. The molecule has 1 saturated heterocycles. The lowest BCUT2D eigenvalue weighted by atomic mass is 9.71. The SMILES string of the molecule is CC(C)(C)c1cc(C2CCC(Cl)(Cl)CC2)nc2cc(C(=O)N3CCN(C(=O)[C@H]4CC[C@@](C)(C(=O)O)CC4)CC3(C)C)oc12. The Morgan fingerprint density at radius 2 is 1.60 bits per heavy atom. The Balaban J connectivity index is 1.34. The van der Waals surface area contributed by atoms with E-state index in [1.165, 1.54) is 0 Å². The first-order valence-electron chi connectivity index (χ1n) is 15.6. The third-order valence-electron chi connectivity index (χ3n) is 10.1. The van der Waals surface area contributed by atoms with E-state index in [4.69, 9.17) is 32.6 Å². The highest BCUT2D eigenvalue weighted by atomic mass is 35.5. The van der Waals surface area contributed by atoms with Crippen LogP contribution in [0.5, 0.6) is 0 Å². The largest absolute Gasteiger partial charge is 0.481 e. The van der Waals surface area contributed by atoms with Crippen LogP contribution >= 0.6 is 23.2 Å². The molecule has 0 bridgehead atoms. The third-order valence-corrected chi connectivity index (χ3v) is 10.8. The molecule has 0 unspecified atom stereocenters. The number of aliphatic carboxylic acids is 1. The number of hydrogen-bond acceptors (Lipinski definition) is 5. The lowest BCUT2D eigenvalue weighted by molar-refractivity contribution is -0.153. The van der Waals surface area contributed by atoms with E-state index in [2.05, 4.69) is 26.8 Å². The Labute approximate surface area is 264 Å². The van der Waals surface area contributed by atoms with Crippen molar-refractivity contribution in [3.63, 3.8) is 0 Å². The summed E-state index contributed by atoms with van der Waals surface area (Å²) in [6, 6.07) is 3.89. The molecule has 2 amide bonds. The molecule has 0 radical (unpaired) electrons. The fraction of sp³-hybridized carbons (Fsp3) is 0.697. The summed E-state index contributed by atoms with van der Waals surface area (Å²) in [6.45, 7) is 13.3. The molecule has 2 aromatic heterocycles. The number of piperazine rings is 1. The van der Waals surface area contributed by atoms with E-state index in [9.17, 15) is 19.5 Å². The summed E-state index contributed by atoms with van der Waals surface area (Å²) in [6.07, 6.45) is 5.29. The maximum absolute atomic E-state index is 13.9. The van der Waals surface area contributed by atoms with Crippen LogP contribution in [-0.4, -0.2) is 67.2 Å². The van der Waals surface area contributed by atoms with E-state index in [1.54, 1.807) is 17.9 Å². The van der Waals surface area contributed by atoms with Gasteiger partial charge in [0, 0.05) is 48.8 Å². The maximum atomic E-state index is 13.9. The molecule has 0 aromatic carbocycles. The zero-order valence-electron chi connectivity index (χ0n) is 26.3. The van der Waals surface area contributed by atoms with E-state index < -0.39 is 21.3 Å². The number of fused-ring (bicyclic) bond motifs is 1. The number of halogens is 2. The number of carbonyl (C=O) groups is 3. The second-order valence-corrected chi connectivity index (χ2v) is 16.6. The summed E-state index contributed by atoms with van der Waals surface area (Å²) < 4.78 is 5.62. The molecule has 1 aliphatic heterocycles. The molecule has 8 nitrogen and oxygen atoms in total. The van der Waals surface area contributed by atoms with Crippen molar-refractivity contribution in [2.24, 2.45) is 11.3 Å². The lowest BCUT2D eigenvalue weighted by Crippen LogP contribution is -2.62. The van der Waals surface area contributed by atoms with Crippen LogP contribution in [0.4, 0.5) is 0 Å². The van der Waals surface area contributed by atoms with Crippen molar-refractivity contribution in [2.75, 3.05) is 19.6 Å². The Morgan fingerprint density at radius 1 is 0.977 bits per heavy atom. The molecule has 3 fully saturated rings. The Bertz CT molecular complexity index is 1410. The maximum Gasteiger partial charge on any atom is 0.309 e. The molecule has 2 saturated carbocycles. The second-order valence-electron chi connectivity index (χ2n) is 15.0. The number of hydrogen-bond donors (Lipinski definition) is 1. The Hall–Kier alpha value is -2.32. The van der Waals surface area contributed by atoms with Gasteiger partial charge in [0.25, 0.3) is 5.91 Å². The monoisotopic (exact) mass is 633 g/mol. The van der Waals surface area contributed by atoms with E-state index in [0.717, 1.165) is 24.1 Å². The molecular formula is C33H45Cl2N3O5. The molecule has 0 atom stereocenters. The number of carbonyl (C=O) groups excluding carboxylic acids is 2. The predicted octanol–water partition coefficient (Wildman–Crippen LogP) is 7.30. The number of furan rings is 1. The summed E-state index contributed by atoms with van der Waals surface area (Å²) in [5.74, 6) is -0.615. The molecule has 10 heteroatoms. The Morgan fingerprint density at radius 3 is 2.16 bits per heavy atom. The highest BCUT2D eigenvalue weighted by Gasteiger charge is 2.44. The number of rotatable bonds is 4. The van der Waals surface area contributed by atoms with Crippen LogP contribution in [0.15, 0.2) is 16.5 Å². The summed E-state index contributed by atoms with van der Waals surface area (Å²) in [5.41, 5.74) is 1.72. The number of pyridine rings is 1. The topological polar surface area (TPSA) is 104 Å². The highest BCUT2D eigenvalue weighted by molar-refractivity contribution is 6.48. The normalized spacial score (nSPS) is 26.5.